The molecule has 0 aliphatic carbocycles. The molecule has 4 atom stereocenters. The van der Waals surface area contributed by atoms with E-state index in [4.69, 9.17) is 5.73 Å². The molecular weight excluding hydrogens is 458 g/mol. The molecule has 0 radical (unpaired) electrons. The SMILES string of the molecule is CC=N/C(C)=C(\C)c1ccc(CNC(=O)[C@@H]2C[C@@H](O)CN2C(=O)[C@@H](NC(=O)[C@H](C)N)C(C)(C)C)cc1. The first-order chi connectivity index (χ1) is 16.8. The summed E-state index contributed by atoms with van der Waals surface area (Å²) in [6.45, 7) is 13.2. The van der Waals surface area contributed by atoms with Crippen LogP contribution in [0.3, 0.4) is 0 Å². The van der Waals surface area contributed by atoms with E-state index in [1.807, 2.05) is 65.8 Å². The van der Waals surface area contributed by atoms with Crippen LogP contribution in [0.2, 0.25) is 0 Å². The molecule has 0 saturated carbocycles. The minimum atomic E-state index is -0.888. The van der Waals surface area contributed by atoms with E-state index in [2.05, 4.69) is 15.6 Å². The zero-order chi connectivity index (χ0) is 27.2. The number of β-amino-alcohol motifs (C(OH)–C–C–N with tert-alkyl or cyclic N) is 1. The van der Waals surface area contributed by atoms with Crippen molar-refractivity contribution in [3.8, 4) is 0 Å². The minimum Gasteiger partial charge on any atom is -0.391 e. The molecule has 5 N–H and O–H groups in total. The van der Waals surface area contributed by atoms with Crippen LogP contribution in [0.15, 0.2) is 35.0 Å². The molecule has 1 aromatic carbocycles. The van der Waals surface area contributed by atoms with Gasteiger partial charge in [0, 0.05) is 31.4 Å². The topological polar surface area (TPSA) is 137 Å². The molecule has 1 fully saturated rings. The largest absolute Gasteiger partial charge is 0.391 e. The van der Waals surface area contributed by atoms with Gasteiger partial charge in [-0.25, -0.2) is 0 Å². The zero-order valence-corrected chi connectivity index (χ0v) is 22.5. The van der Waals surface area contributed by atoms with Crippen LogP contribution in [0, 0.1) is 5.41 Å². The number of nitrogens with zero attached hydrogens (tertiary/aromatic N) is 2. The third-order valence-corrected chi connectivity index (χ3v) is 6.40. The van der Waals surface area contributed by atoms with Crippen LogP contribution in [-0.2, 0) is 20.9 Å². The number of nitrogens with one attached hydrogen (secondary N) is 2. The van der Waals surface area contributed by atoms with Gasteiger partial charge in [0.1, 0.15) is 12.1 Å². The molecule has 0 aromatic heterocycles. The maximum Gasteiger partial charge on any atom is 0.246 e. The molecule has 0 bridgehead atoms. The van der Waals surface area contributed by atoms with Gasteiger partial charge in [-0.05, 0) is 49.8 Å². The van der Waals surface area contributed by atoms with E-state index in [0.717, 1.165) is 22.4 Å². The first-order valence-electron chi connectivity index (χ1n) is 12.3. The third kappa shape index (κ3) is 7.48. The van der Waals surface area contributed by atoms with E-state index in [1.165, 1.54) is 4.90 Å². The monoisotopic (exact) mass is 499 g/mol. The molecule has 1 aliphatic rings. The third-order valence-electron chi connectivity index (χ3n) is 6.40. The molecule has 3 amide bonds. The standard InChI is InChI=1S/C27H41N5O4/c1-8-29-18(4)16(2)20-11-9-19(10-12-20)14-30-25(35)22-13-21(33)15-32(22)26(36)23(27(5,6)7)31-24(34)17(3)28/h8-12,17,21-23,33H,13-15,28H2,1-7H3,(H,30,35)(H,31,34)/b18-16+,29-8?/t17-,21+,22-,23+/m0/s1. The van der Waals surface area contributed by atoms with Crippen LogP contribution in [0.5, 0.6) is 0 Å². The average Bonchev–Trinajstić information content (AvgIpc) is 3.21. The van der Waals surface area contributed by atoms with Gasteiger partial charge in [0.25, 0.3) is 0 Å². The molecule has 9 nitrogen and oxygen atoms in total. The van der Waals surface area contributed by atoms with Gasteiger partial charge in [0.15, 0.2) is 0 Å². The Bertz CT molecular complexity index is 1010. The summed E-state index contributed by atoms with van der Waals surface area (Å²) in [5.74, 6) is -1.21. The molecule has 36 heavy (non-hydrogen) atoms. The number of rotatable bonds is 8. The van der Waals surface area contributed by atoms with Crippen molar-refractivity contribution in [3.05, 3.63) is 41.1 Å². The Morgan fingerprint density at radius 2 is 1.83 bits per heavy atom. The fourth-order valence-electron chi connectivity index (χ4n) is 4.07. The fourth-order valence-corrected chi connectivity index (χ4v) is 4.07. The lowest BCUT2D eigenvalue weighted by atomic mass is 9.85. The van der Waals surface area contributed by atoms with Gasteiger partial charge in [-0.1, -0.05) is 45.0 Å². The van der Waals surface area contributed by atoms with Gasteiger partial charge < -0.3 is 26.4 Å². The number of carbonyl (C=O) groups excluding carboxylic acids is 3. The molecule has 9 heteroatoms. The number of aliphatic imine (C=N–C) groups is 1. The van der Waals surface area contributed by atoms with Crippen LogP contribution in [-0.4, -0.2) is 64.7 Å². The second-order valence-electron chi connectivity index (χ2n) is 10.5. The summed E-state index contributed by atoms with van der Waals surface area (Å²) >= 11 is 0. The van der Waals surface area contributed by atoms with Gasteiger partial charge in [-0.3, -0.25) is 19.4 Å². The van der Waals surface area contributed by atoms with E-state index in [9.17, 15) is 19.5 Å². The van der Waals surface area contributed by atoms with Crippen LogP contribution in [0.25, 0.3) is 5.57 Å². The molecule has 1 aromatic rings. The number of amides is 3. The Balaban J connectivity index is 2.12. The highest BCUT2D eigenvalue weighted by atomic mass is 16.3. The van der Waals surface area contributed by atoms with Crippen molar-refractivity contribution in [2.45, 2.75) is 85.7 Å². The van der Waals surface area contributed by atoms with Gasteiger partial charge >= 0.3 is 0 Å². The second-order valence-corrected chi connectivity index (χ2v) is 10.5. The number of hydrogen-bond donors (Lipinski definition) is 4. The molecule has 1 heterocycles. The Kier molecular flexibility index (Phi) is 9.95. The van der Waals surface area contributed by atoms with Crippen molar-refractivity contribution in [1.29, 1.82) is 0 Å². The summed E-state index contributed by atoms with van der Waals surface area (Å²) < 4.78 is 0. The molecule has 2 rings (SSSR count). The summed E-state index contributed by atoms with van der Waals surface area (Å²) in [6, 6.07) is 5.34. The number of aliphatic hydroxyl groups is 1. The lowest BCUT2D eigenvalue weighted by Crippen LogP contribution is -2.59. The van der Waals surface area contributed by atoms with Crippen LogP contribution >= 0.6 is 0 Å². The molecular formula is C27H41N5O4. The average molecular weight is 500 g/mol. The number of likely N-dealkylation sites (tertiary alicyclic amines) is 1. The minimum absolute atomic E-state index is 0.0252. The smallest absolute Gasteiger partial charge is 0.246 e. The summed E-state index contributed by atoms with van der Waals surface area (Å²) in [4.78, 5) is 44.5. The predicted molar refractivity (Wildman–Crippen MR) is 142 cm³/mol. The van der Waals surface area contributed by atoms with Crippen LogP contribution in [0.4, 0.5) is 0 Å². The number of carbonyl (C=O) groups is 3. The Hall–Kier alpha value is -3.04. The molecule has 1 aliphatic heterocycles. The quantitative estimate of drug-likeness (QED) is 0.406. The summed E-state index contributed by atoms with van der Waals surface area (Å²) in [5, 5.41) is 15.9. The van der Waals surface area contributed by atoms with Crippen LogP contribution in [0.1, 0.15) is 66.0 Å². The van der Waals surface area contributed by atoms with Crippen molar-refractivity contribution in [3.63, 3.8) is 0 Å². The maximum atomic E-state index is 13.5. The van der Waals surface area contributed by atoms with Crippen molar-refractivity contribution >= 4 is 29.5 Å². The van der Waals surface area contributed by atoms with E-state index < -0.39 is 41.5 Å². The first-order valence-corrected chi connectivity index (χ1v) is 12.3. The highest BCUT2D eigenvalue weighted by Gasteiger charge is 2.44. The first kappa shape index (κ1) is 29.2. The van der Waals surface area contributed by atoms with E-state index >= 15 is 0 Å². The lowest BCUT2D eigenvalue weighted by Gasteiger charge is -2.35. The number of benzene rings is 1. The molecule has 0 unspecified atom stereocenters. The summed E-state index contributed by atoms with van der Waals surface area (Å²) in [6.07, 6.45) is 1.07. The van der Waals surface area contributed by atoms with Crippen molar-refractivity contribution in [2.75, 3.05) is 6.54 Å². The second kappa shape index (κ2) is 12.3. The Morgan fingerprint density at radius 1 is 1.22 bits per heavy atom. The van der Waals surface area contributed by atoms with Crippen LogP contribution < -0.4 is 16.4 Å². The van der Waals surface area contributed by atoms with Crippen molar-refractivity contribution in [1.82, 2.24) is 15.5 Å². The van der Waals surface area contributed by atoms with E-state index in [0.29, 0.717) is 0 Å². The van der Waals surface area contributed by atoms with E-state index in [-0.39, 0.29) is 25.4 Å². The van der Waals surface area contributed by atoms with Gasteiger partial charge in [-0.15, -0.1) is 0 Å². The highest BCUT2D eigenvalue weighted by Crippen LogP contribution is 2.26. The van der Waals surface area contributed by atoms with Crippen molar-refractivity contribution < 1.29 is 19.5 Å². The molecule has 0 spiro atoms. The Labute approximate surface area is 214 Å². The fraction of sp³-hybridized carbons (Fsp3) is 0.556. The predicted octanol–water partition coefficient (Wildman–Crippen LogP) is 1.98. The summed E-state index contributed by atoms with van der Waals surface area (Å²) in [5.41, 5.74) is 9.02. The van der Waals surface area contributed by atoms with E-state index in [1.54, 1.807) is 13.1 Å². The summed E-state index contributed by atoms with van der Waals surface area (Å²) in [7, 11) is 0. The lowest BCUT2D eigenvalue weighted by molar-refractivity contribution is -0.144. The zero-order valence-electron chi connectivity index (χ0n) is 22.5. The molecule has 1 saturated heterocycles. The van der Waals surface area contributed by atoms with Gasteiger partial charge in [0.05, 0.1) is 12.1 Å². The maximum absolute atomic E-state index is 13.5. The number of allylic oxidation sites excluding steroid dienone is 2. The van der Waals surface area contributed by atoms with Gasteiger partial charge in [-0.2, -0.15) is 0 Å². The molecule has 198 valence electrons. The van der Waals surface area contributed by atoms with Gasteiger partial charge in [0.2, 0.25) is 17.7 Å². The number of aliphatic hydroxyl groups excluding tert-OH is 1. The normalized spacial score (nSPS) is 20.6. The number of nitrogens with two attached hydrogens (primary N) is 1. The Morgan fingerprint density at radius 3 is 2.36 bits per heavy atom. The van der Waals surface area contributed by atoms with Crippen molar-refractivity contribution in [2.24, 2.45) is 16.1 Å². The highest BCUT2D eigenvalue weighted by molar-refractivity contribution is 5.94. The number of hydrogen-bond acceptors (Lipinski definition) is 6.